The Bertz CT molecular complexity index is 386. The van der Waals surface area contributed by atoms with Gasteiger partial charge in [0.25, 0.3) is 5.69 Å². The average molecular weight is 247 g/mol. The number of anilines is 1. The van der Waals surface area contributed by atoms with E-state index in [1.165, 1.54) is 12.1 Å². The van der Waals surface area contributed by atoms with Crippen molar-refractivity contribution in [2.45, 2.75) is 6.10 Å². The van der Waals surface area contributed by atoms with E-state index in [1.54, 1.807) is 0 Å². The van der Waals surface area contributed by atoms with E-state index in [1.807, 2.05) is 0 Å². The van der Waals surface area contributed by atoms with Crippen molar-refractivity contribution < 1.29 is 15.1 Å². The van der Waals surface area contributed by atoms with Gasteiger partial charge < -0.3 is 15.5 Å². The van der Waals surface area contributed by atoms with E-state index in [0.717, 1.165) is 6.07 Å². The van der Waals surface area contributed by atoms with Crippen molar-refractivity contribution in [2.24, 2.45) is 0 Å². The molecule has 0 saturated carbocycles. The molecule has 1 unspecified atom stereocenters. The number of phenols is 1. The number of non-ortho nitro benzene ring substituents is 1. The molecule has 3 N–H and O–H groups in total. The predicted octanol–water partition coefficient (Wildman–Crippen LogP) is 1.31. The Kier molecular flexibility index (Phi) is 4.33. The summed E-state index contributed by atoms with van der Waals surface area (Å²) in [6.07, 6.45) is -0.740. The maximum Gasteiger partial charge on any atom is 0.273 e. The van der Waals surface area contributed by atoms with E-state index >= 15 is 0 Å². The zero-order chi connectivity index (χ0) is 12.1. The van der Waals surface area contributed by atoms with Crippen LogP contribution >= 0.6 is 11.6 Å². The Labute approximate surface area is 96.6 Å². The zero-order valence-electron chi connectivity index (χ0n) is 8.26. The van der Waals surface area contributed by atoms with Gasteiger partial charge in [-0.1, -0.05) is 0 Å². The normalized spacial score (nSPS) is 12.1. The molecular weight excluding hydrogens is 236 g/mol. The fraction of sp³-hybridized carbons (Fsp3) is 0.333. The van der Waals surface area contributed by atoms with Crippen LogP contribution in [0.15, 0.2) is 18.2 Å². The van der Waals surface area contributed by atoms with Crippen molar-refractivity contribution >= 4 is 23.0 Å². The first-order valence-electron chi connectivity index (χ1n) is 4.50. The van der Waals surface area contributed by atoms with Crippen molar-refractivity contribution in [1.82, 2.24) is 0 Å². The first kappa shape index (κ1) is 12.5. The fourth-order valence-corrected chi connectivity index (χ4v) is 1.17. The molecule has 0 bridgehead atoms. The molecule has 0 fully saturated rings. The standard InChI is InChI=1S/C9H11ClN2O4/c10-4-7(13)5-11-8-2-1-6(12(15)16)3-9(8)14/h1-3,7,11,13-14H,4-5H2. The molecule has 1 aromatic carbocycles. The van der Waals surface area contributed by atoms with Crippen molar-refractivity contribution in [2.75, 3.05) is 17.7 Å². The Morgan fingerprint density at radius 3 is 2.75 bits per heavy atom. The smallest absolute Gasteiger partial charge is 0.273 e. The van der Waals surface area contributed by atoms with E-state index in [4.69, 9.17) is 16.7 Å². The van der Waals surface area contributed by atoms with Crippen molar-refractivity contribution in [3.8, 4) is 5.75 Å². The van der Waals surface area contributed by atoms with Gasteiger partial charge in [0.05, 0.1) is 28.7 Å². The summed E-state index contributed by atoms with van der Waals surface area (Å²) in [5.41, 5.74) is 0.121. The number of benzene rings is 1. The number of aromatic hydroxyl groups is 1. The first-order valence-corrected chi connectivity index (χ1v) is 5.03. The van der Waals surface area contributed by atoms with Crippen LogP contribution in [0.5, 0.6) is 5.75 Å². The van der Waals surface area contributed by atoms with Crippen LogP contribution in [0.25, 0.3) is 0 Å². The number of phenolic OH excluding ortho intramolecular Hbond substituents is 1. The van der Waals surface area contributed by atoms with Gasteiger partial charge in [-0.3, -0.25) is 10.1 Å². The number of nitrogens with one attached hydrogen (secondary N) is 1. The predicted molar refractivity (Wildman–Crippen MR) is 60.0 cm³/mol. The van der Waals surface area contributed by atoms with Crippen LogP contribution in [0.3, 0.4) is 0 Å². The summed E-state index contributed by atoms with van der Waals surface area (Å²) in [6, 6.07) is 3.67. The van der Waals surface area contributed by atoms with Crippen LogP contribution in [-0.2, 0) is 0 Å². The monoisotopic (exact) mass is 246 g/mol. The third kappa shape index (κ3) is 3.25. The number of nitro benzene ring substituents is 1. The number of hydrogen-bond donors (Lipinski definition) is 3. The molecule has 0 aliphatic heterocycles. The molecule has 0 aliphatic carbocycles. The minimum atomic E-state index is -0.740. The molecule has 0 spiro atoms. The molecule has 0 heterocycles. The van der Waals surface area contributed by atoms with Crippen LogP contribution in [-0.4, -0.2) is 33.7 Å². The van der Waals surface area contributed by atoms with Gasteiger partial charge in [0.2, 0.25) is 0 Å². The number of hydrogen-bond acceptors (Lipinski definition) is 5. The van der Waals surface area contributed by atoms with Crippen LogP contribution in [0.4, 0.5) is 11.4 Å². The summed E-state index contributed by atoms with van der Waals surface area (Å²) in [5, 5.41) is 31.7. The minimum absolute atomic E-state index is 0.0702. The molecule has 16 heavy (non-hydrogen) atoms. The third-order valence-corrected chi connectivity index (χ3v) is 2.25. The maximum absolute atomic E-state index is 10.4. The molecule has 0 amide bonds. The third-order valence-electron chi connectivity index (χ3n) is 1.90. The van der Waals surface area contributed by atoms with E-state index in [9.17, 15) is 15.2 Å². The molecule has 0 radical (unpaired) electrons. The molecule has 0 aliphatic rings. The average Bonchev–Trinajstić information content (AvgIpc) is 2.26. The Morgan fingerprint density at radius 2 is 2.25 bits per heavy atom. The highest BCUT2D eigenvalue weighted by Gasteiger charge is 2.10. The number of nitro groups is 1. The molecule has 6 nitrogen and oxygen atoms in total. The van der Waals surface area contributed by atoms with Gasteiger partial charge in [-0.2, -0.15) is 0 Å². The molecule has 7 heteroatoms. The summed E-state index contributed by atoms with van der Waals surface area (Å²) < 4.78 is 0. The van der Waals surface area contributed by atoms with E-state index in [-0.39, 0.29) is 23.9 Å². The van der Waals surface area contributed by atoms with E-state index in [2.05, 4.69) is 5.32 Å². The quantitative estimate of drug-likeness (QED) is 0.315. The van der Waals surface area contributed by atoms with Crippen molar-refractivity contribution in [3.63, 3.8) is 0 Å². The summed E-state index contributed by atoms with van der Waals surface area (Å²) in [7, 11) is 0. The number of halogens is 1. The van der Waals surface area contributed by atoms with E-state index < -0.39 is 11.0 Å². The lowest BCUT2D eigenvalue weighted by Gasteiger charge is -2.10. The van der Waals surface area contributed by atoms with Gasteiger partial charge >= 0.3 is 0 Å². The largest absolute Gasteiger partial charge is 0.506 e. The summed E-state index contributed by atoms with van der Waals surface area (Å²) in [5.74, 6) is -0.170. The minimum Gasteiger partial charge on any atom is -0.506 e. The number of rotatable bonds is 5. The second kappa shape index (κ2) is 5.53. The molecule has 1 atom stereocenters. The highest BCUT2D eigenvalue weighted by atomic mass is 35.5. The van der Waals surface area contributed by atoms with Crippen LogP contribution < -0.4 is 5.32 Å². The van der Waals surface area contributed by atoms with Gasteiger partial charge in [0.15, 0.2) is 0 Å². The highest BCUT2D eigenvalue weighted by Crippen LogP contribution is 2.27. The lowest BCUT2D eigenvalue weighted by atomic mass is 10.2. The lowest BCUT2D eigenvalue weighted by Crippen LogP contribution is -2.20. The Morgan fingerprint density at radius 1 is 1.56 bits per heavy atom. The van der Waals surface area contributed by atoms with Crippen LogP contribution in [0.1, 0.15) is 0 Å². The number of nitrogens with zero attached hydrogens (tertiary/aromatic N) is 1. The molecule has 88 valence electrons. The van der Waals surface area contributed by atoms with Crippen molar-refractivity contribution in [3.05, 3.63) is 28.3 Å². The highest BCUT2D eigenvalue weighted by molar-refractivity contribution is 6.18. The van der Waals surface area contributed by atoms with Gasteiger partial charge in [-0.25, -0.2) is 0 Å². The summed E-state index contributed by atoms with van der Waals surface area (Å²) >= 11 is 5.38. The topological polar surface area (TPSA) is 95.6 Å². The Hall–Kier alpha value is -1.53. The molecule has 0 aromatic heterocycles. The maximum atomic E-state index is 10.4. The summed E-state index contributed by atoms with van der Waals surface area (Å²) in [6.45, 7) is 0.162. The molecule has 1 rings (SSSR count). The molecule has 1 aromatic rings. The first-order chi connectivity index (χ1) is 7.54. The molecule has 0 saturated heterocycles. The van der Waals surface area contributed by atoms with Crippen LogP contribution in [0, 0.1) is 10.1 Å². The van der Waals surface area contributed by atoms with Gasteiger partial charge in [0.1, 0.15) is 5.75 Å². The second-order valence-corrected chi connectivity index (χ2v) is 3.46. The van der Waals surface area contributed by atoms with Gasteiger partial charge in [0, 0.05) is 12.6 Å². The second-order valence-electron chi connectivity index (χ2n) is 3.15. The number of aliphatic hydroxyl groups excluding tert-OH is 1. The van der Waals surface area contributed by atoms with Gasteiger partial charge in [-0.15, -0.1) is 11.6 Å². The lowest BCUT2D eigenvalue weighted by molar-refractivity contribution is -0.384. The fourth-order valence-electron chi connectivity index (χ4n) is 1.07. The number of alkyl halides is 1. The van der Waals surface area contributed by atoms with Crippen molar-refractivity contribution in [1.29, 1.82) is 0 Å². The van der Waals surface area contributed by atoms with Crippen LogP contribution in [0.2, 0.25) is 0 Å². The van der Waals surface area contributed by atoms with Gasteiger partial charge in [-0.05, 0) is 6.07 Å². The summed E-state index contributed by atoms with van der Waals surface area (Å²) in [4.78, 5) is 9.79. The Balaban J connectivity index is 2.72. The van der Waals surface area contributed by atoms with E-state index in [0.29, 0.717) is 5.69 Å². The SMILES string of the molecule is O=[N+]([O-])c1ccc(NCC(O)CCl)c(O)c1. The zero-order valence-corrected chi connectivity index (χ0v) is 9.02. The number of aliphatic hydroxyl groups is 1. The molecular formula is C9H11ClN2O4.